The van der Waals surface area contributed by atoms with Gasteiger partial charge in [0.25, 0.3) is 0 Å². The van der Waals surface area contributed by atoms with Crippen molar-refractivity contribution in [2.75, 3.05) is 12.4 Å². The van der Waals surface area contributed by atoms with E-state index in [4.69, 9.17) is 4.74 Å². The molecule has 0 unspecified atom stereocenters. The molecule has 1 saturated carbocycles. The van der Waals surface area contributed by atoms with Crippen molar-refractivity contribution in [3.8, 4) is 0 Å². The first kappa shape index (κ1) is 19.4. The van der Waals surface area contributed by atoms with Gasteiger partial charge >= 0.3 is 0 Å². The maximum atomic E-state index is 11.8. The Morgan fingerprint density at radius 1 is 1.30 bits per heavy atom. The molecule has 27 heavy (non-hydrogen) atoms. The first-order valence-corrected chi connectivity index (χ1v) is 9.58. The van der Waals surface area contributed by atoms with E-state index in [1.807, 2.05) is 32.2 Å². The molecule has 1 heterocycles. The Morgan fingerprint density at radius 3 is 2.70 bits per heavy atom. The third kappa shape index (κ3) is 4.66. The highest BCUT2D eigenvalue weighted by Gasteiger charge is 2.24. The number of carbonyl (C=O) groups excluding carboxylic acids is 2. The normalized spacial score (nSPS) is 16.9. The molecule has 1 aromatic carbocycles. The van der Waals surface area contributed by atoms with Crippen LogP contribution in [0.25, 0.3) is 5.57 Å². The second-order valence-electron chi connectivity index (χ2n) is 7.61. The smallest absolute Gasteiger partial charge is 0.224 e. The Bertz CT molecular complexity index is 787. The molecule has 1 fully saturated rings. The highest BCUT2D eigenvalue weighted by Crippen LogP contribution is 2.34. The number of hydrogen-bond donors (Lipinski definition) is 1. The molecule has 1 aromatic rings. The van der Waals surface area contributed by atoms with E-state index in [-0.39, 0.29) is 5.91 Å². The minimum absolute atomic E-state index is 0.0573. The second-order valence-corrected chi connectivity index (χ2v) is 7.61. The van der Waals surface area contributed by atoms with E-state index in [1.165, 1.54) is 11.3 Å². The molecular formula is C22H28N2O3. The maximum Gasteiger partial charge on any atom is 0.224 e. The van der Waals surface area contributed by atoms with E-state index in [9.17, 15) is 9.59 Å². The summed E-state index contributed by atoms with van der Waals surface area (Å²) in [6.45, 7) is 4.60. The van der Waals surface area contributed by atoms with Gasteiger partial charge in [-0.3, -0.25) is 9.59 Å². The molecular weight excluding hydrogens is 340 g/mol. The number of nitrogens with one attached hydrogen (secondary N) is 1. The summed E-state index contributed by atoms with van der Waals surface area (Å²) in [6.07, 6.45) is 9.71. The number of benzene rings is 1. The molecule has 1 N–H and O–H groups in total. The van der Waals surface area contributed by atoms with Crippen molar-refractivity contribution in [1.82, 2.24) is 4.90 Å². The lowest BCUT2D eigenvalue weighted by Gasteiger charge is -2.28. The molecule has 5 nitrogen and oxygen atoms in total. The van der Waals surface area contributed by atoms with Crippen LogP contribution in [-0.2, 0) is 27.4 Å². The SMILES string of the molecule is CC(C)=C/C(=C\N(C)C=O)c1ccc2c(c1COC1CCC1)CCC(=O)N2. The Kier molecular flexibility index (Phi) is 6.11. The lowest BCUT2D eigenvalue weighted by Crippen LogP contribution is -2.24. The molecule has 2 aliphatic rings. The zero-order valence-corrected chi connectivity index (χ0v) is 16.4. The van der Waals surface area contributed by atoms with Gasteiger partial charge in [-0.15, -0.1) is 0 Å². The number of fused-ring (bicyclic) bond motifs is 1. The molecule has 0 bridgehead atoms. The second kappa shape index (κ2) is 8.53. The lowest BCUT2D eigenvalue weighted by atomic mass is 9.89. The quantitative estimate of drug-likeness (QED) is 0.584. The van der Waals surface area contributed by atoms with Gasteiger partial charge in [-0.05, 0) is 67.9 Å². The summed E-state index contributed by atoms with van der Waals surface area (Å²) in [4.78, 5) is 24.5. The van der Waals surface area contributed by atoms with Crippen molar-refractivity contribution >= 4 is 23.6 Å². The Balaban J connectivity index is 2.05. The van der Waals surface area contributed by atoms with E-state index in [1.54, 1.807) is 7.05 Å². The lowest BCUT2D eigenvalue weighted by molar-refractivity contribution is -0.116. The van der Waals surface area contributed by atoms with Crippen LogP contribution in [0.3, 0.4) is 0 Å². The molecule has 2 amide bonds. The Labute approximate surface area is 161 Å². The molecule has 1 aliphatic carbocycles. The largest absolute Gasteiger partial charge is 0.374 e. The Morgan fingerprint density at radius 2 is 2.07 bits per heavy atom. The van der Waals surface area contributed by atoms with Crippen molar-refractivity contribution in [2.24, 2.45) is 0 Å². The summed E-state index contributed by atoms with van der Waals surface area (Å²) in [5.41, 5.74) is 6.31. The third-order valence-corrected chi connectivity index (χ3v) is 5.09. The predicted octanol–water partition coefficient (Wildman–Crippen LogP) is 4.04. The first-order chi connectivity index (χ1) is 13.0. The van der Waals surface area contributed by atoms with Gasteiger partial charge in [0.1, 0.15) is 0 Å². The Hall–Kier alpha value is -2.40. The van der Waals surface area contributed by atoms with Gasteiger partial charge in [-0.2, -0.15) is 0 Å². The molecule has 3 rings (SSSR count). The molecule has 0 spiro atoms. The number of carbonyl (C=O) groups is 2. The fraction of sp³-hybridized carbons (Fsp3) is 0.455. The van der Waals surface area contributed by atoms with Gasteiger partial charge in [0.15, 0.2) is 0 Å². The topological polar surface area (TPSA) is 58.6 Å². The van der Waals surface area contributed by atoms with Gasteiger partial charge in [0.05, 0.1) is 12.7 Å². The van der Waals surface area contributed by atoms with Crippen LogP contribution in [0, 0.1) is 0 Å². The first-order valence-electron chi connectivity index (χ1n) is 9.58. The van der Waals surface area contributed by atoms with Gasteiger partial charge in [0, 0.05) is 25.4 Å². The van der Waals surface area contributed by atoms with Crippen LogP contribution in [0.2, 0.25) is 0 Å². The van der Waals surface area contributed by atoms with E-state index < -0.39 is 0 Å². The van der Waals surface area contributed by atoms with Crippen LogP contribution in [-0.4, -0.2) is 30.4 Å². The molecule has 0 atom stereocenters. The average Bonchev–Trinajstić information content (AvgIpc) is 2.59. The van der Waals surface area contributed by atoms with Gasteiger partial charge in [-0.1, -0.05) is 17.7 Å². The standard InChI is InChI=1S/C22H28N2O3/c1-15(2)11-16(12-24(3)14-25)18-7-9-21-19(8-10-22(26)23-21)20(18)13-27-17-5-4-6-17/h7,9,11-12,14,17H,4-6,8,10,13H2,1-3H3,(H,23,26)/b16-12+. The van der Waals surface area contributed by atoms with Crippen LogP contribution >= 0.6 is 0 Å². The summed E-state index contributed by atoms with van der Waals surface area (Å²) in [5, 5.41) is 2.98. The summed E-state index contributed by atoms with van der Waals surface area (Å²) in [5.74, 6) is 0.0573. The van der Waals surface area contributed by atoms with Gasteiger partial charge in [0.2, 0.25) is 12.3 Å². The maximum absolute atomic E-state index is 11.8. The number of allylic oxidation sites excluding steroid dienone is 3. The van der Waals surface area contributed by atoms with Crippen LogP contribution < -0.4 is 5.32 Å². The summed E-state index contributed by atoms with van der Waals surface area (Å²) in [7, 11) is 1.73. The number of nitrogens with zero attached hydrogens (tertiary/aromatic N) is 1. The minimum atomic E-state index is 0.0573. The van der Waals surface area contributed by atoms with Crippen molar-refractivity contribution in [3.05, 3.63) is 46.7 Å². The van der Waals surface area contributed by atoms with Crippen molar-refractivity contribution in [2.45, 2.75) is 58.7 Å². The van der Waals surface area contributed by atoms with Crippen LogP contribution in [0.5, 0.6) is 0 Å². The van der Waals surface area contributed by atoms with E-state index in [2.05, 4.69) is 11.4 Å². The van der Waals surface area contributed by atoms with Gasteiger partial charge < -0.3 is 15.0 Å². The van der Waals surface area contributed by atoms with Crippen molar-refractivity contribution in [1.29, 1.82) is 0 Å². The zero-order valence-electron chi connectivity index (χ0n) is 16.4. The monoisotopic (exact) mass is 368 g/mol. The highest BCUT2D eigenvalue weighted by molar-refractivity contribution is 5.95. The minimum Gasteiger partial charge on any atom is -0.374 e. The van der Waals surface area contributed by atoms with Crippen molar-refractivity contribution in [3.63, 3.8) is 0 Å². The van der Waals surface area contributed by atoms with Crippen LogP contribution in [0.15, 0.2) is 30.0 Å². The summed E-state index contributed by atoms with van der Waals surface area (Å²) >= 11 is 0. The number of amides is 2. The number of rotatable bonds is 7. The summed E-state index contributed by atoms with van der Waals surface area (Å²) in [6, 6.07) is 3.98. The third-order valence-electron chi connectivity index (χ3n) is 5.09. The van der Waals surface area contributed by atoms with E-state index in [0.29, 0.717) is 25.6 Å². The molecule has 0 aromatic heterocycles. The predicted molar refractivity (Wildman–Crippen MR) is 107 cm³/mol. The van der Waals surface area contributed by atoms with E-state index in [0.717, 1.165) is 52.8 Å². The highest BCUT2D eigenvalue weighted by atomic mass is 16.5. The number of ether oxygens (including phenoxy) is 1. The number of hydrogen-bond acceptors (Lipinski definition) is 3. The molecule has 0 radical (unpaired) electrons. The fourth-order valence-corrected chi connectivity index (χ4v) is 3.47. The molecule has 0 saturated heterocycles. The van der Waals surface area contributed by atoms with Crippen LogP contribution in [0.4, 0.5) is 5.69 Å². The zero-order chi connectivity index (χ0) is 19.4. The van der Waals surface area contributed by atoms with Gasteiger partial charge in [-0.25, -0.2) is 0 Å². The average molecular weight is 368 g/mol. The molecule has 144 valence electrons. The number of anilines is 1. The summed E-state index contributed by atoms with van der Waals surface area (Å²) < 4.78 is 6.14. The molecule has 5 heteroatoms. The van der Waals surface area contributed by atoms with Crippen molar-refractivity contribution < 1.29 is 14.3 Å². The fourth-order valence-electron chi connectivity index (χ4n) is 3.47. The van der Waals surface area contributed by atoms with E-state index >= 15 is 0 Å². The molecule has 1 aliphatic heterocycles. The van der Waals surface area contributed by atoms with Crippen LogP contribution in [0.1, 0.15) is 56.2 Å².